The summed E-state index contributed by atoms with van der Waals surface area (Å²) in [4.78, 5) is 15.7. The number of nitrogens with zero attached hydrogens (tertiary/aromatic N) is 1. The fraction of sp³-hybridized carbons (Fsp3) is 0.346. The summed E-state index contributed by atoms with van der Waals surface area (Å²) in [5.74, 6) is 0.921. The van der Waals surface area contributed by atoms with Crippen molar-refractivity contribution in [2.24, 2.45) is 0 Å². The molecule has 0 radical (unpaired) electrons. The van der Waals surface area contributed by atoms with Crippen LogP contribution in [0.3, 0.4) is 0 Å². The summed E-state index contributed by atoms with van der Waals surface area (Å²) in [5.41, 5.74) is 1.75. The van der Waals surface area contributed by atoms with E-state index in [1.807, 2.05) is 37.3 Å². The van der Waals surface area contributed by atoms with Gasteiger partial charge >= 0.3 is 0 Å². The van der Waals surface area contributed by atoms with Gasteiger partial charge in [0.05, 0.1) is 25.9 Å². The molecule has 0 bridgehead atoms. The van der Waals surface area contributed by atoms with Gasteiger partial charge in [-0.05, 0) is 37.5 Å². The maximum atomic E-state index is 13.5. The largest absolute Gasteiger partial charge is 0.495 e. The number of ether oxygens (including phenoxy) is 3. The highest BCUT2D eigenvalue weighted by molar-refractivity contribution is 6.15. The minimum absolute atomic E-state index is 0.229. The third kappa shape index (κ3) is 4.36. The summed E-state index contributed by atoms with van der Waals surface area (Å²) >= 11 is 0. The van der Waals surface area contributed by atoms with Gasteiger partial charge in [0.2, 0.25) is 5.75 Å². The molecule has 1 aromatic heterocycles. The summed E-state index contributed by atoms with van der Waals surface area (Å²) in [6.07, 6.45) is 8.15. The van der Waals surface area contributed by atoms with Crippen molar-refractivity contribution in [1.29, 1.82) is 0 Å². The Balaban J connectivity index is 1.80. The average Bonchev–Trinajstić information content (AvgIpc) is 3.32. The molecule has 0 spiro atoms. The van der Waals surface area contributed by atoms with Crippen molar-refractivity contribution in [3.63, 3.8) is 0 Å². The first kappa shape index (κ1) is 22.0. The van der Waals surface area contributed by atoms with E-state index in [0.717, 1.165) is 31.5 Å². The van der Waals surface area contributed by atoms with Crippen molar-refractivity contribution >= 4 is 22.8 Å². The molecule has 2 heterocycles. The van der Waals surface area contributed by atoms with Gasteiger partial charge in [-0.25, -0.2) is 0 Å². The van der Waals surface area contributed by atoms with Crippen LogP contribution in [0.15, 0.2) is 53.2 Å². The predicted octanol–water partition coefficient (Wildman–Crippen LogP) is 5.56. The van der Waals surface area contributed by atoms with Gasteiger partial charge in [-0.15, -0.1) is 0 Å². The van der Waals surface area contributed by atoms with Crippen molar-refractivity contribution in [3.05, 3.63) is 59.9 Å². The zero-order chi connectivity index (χ0) is 22.5. The molecule has 2 aromatic carbocycles. The molecule has 4 rings (SSSR count). The van der Waals surface area contributed by atoms with Gasteiger partial charge in [-0.1, -0.05) is 42.8 Å². The smallest absolute Gasteiger partial charge is 0.205 e. The Morgan fingerprint density at radius 2 is 1.72 bits per heavy atom. The minimum atomic E-state index is -0.231. The lowest BCUT2D eigenvalue weighted by molar-refractivity contribution is 0.0238. The van der Waals surface area contributed by atoms with E-state index in [0.29, 0.717) is 33.8 Å². The zero-order valence-corrected chi connectivity index (χ0v) is 18.8. The second kappa shape index (κ2) is 9.92. The Kier molecular flexibility index (Phi) is 6.81. The van der Waals surface area contributed by atoms with Gasteiger partial charge in [-0.2, -0.15) is 0 Å². The monoisotopic (exact) mass is 435 g/mol. The summed E-state index contributed by atoms with van der Waals surface area (Å²) < 4.78 is 23.5. The van der Waals surface area contributed by atoms with Crippen LogP contribution in [0.4, 0.5) is 0 Å². The normalized spacial score (nSPS) is 15.7. The van der Waals surface area contributed by atoms with Crippen LogP contribution in [0, 0.1) is 0 Å². The number of piperidine rings is 1. The Morgan fingerprint density at radius 3 is 2.41 bits per heavy atom. The molecule has 6 nitrogen and oxygen atoms in total. The maximum Gasteiger partial charge on any atom is 0.205 e. The Morgan fingerprint density at radius 1 is 1.00 bits per heavy atom. The number of methoxy groups -OCH3 is 2. The number of carbonyl (C=O) groups excluding carboxylic acids is 1. The van der Waals surface area contributed by atoms with E-state index in [1.165, 1.54) is 12.5 Å². The van der Waals surface area contributed by atoms with Crippen LogP contribution in [0.5, 0.6) is 17.2 Å². The summed E-state index contributed by atoms with van der Waals surface area (Å²) in [6.45, 7) is 3.92. The molecule has 1 aliphatic heterocycles. The molecule has 0 saturated carbocycles. The number of benzene rings is 2. The Labute approximate surface area is 188 Å². The number of fused-ring (bicyclic) bond motifs is 1. The summed E-state index contributed by atoms with van der Waals surface area (Å²) in [7, 11) is 3.10. The number of carbonyl (C=O) groups is 1. The lowest BCUT2D eigenvalue weighted by atomic mass is 10.0. The van der Waals surface area contributed by atoms with Crippen molar-refractivity contribution in [1.82, 2.24) is 4.90 Å². The Bertz CT molecular complexity index is 1100. The molecule has 0 amide bonds. The summed E-state index contributed by atoms with van der Waals surface area (Å²) in [6, 6.07) is 11.5. The van der Waals surface area contributed by atoms with E-state index in [2.05, 4.69) is 4.90 Å². The third-order valence-electron chi connectivity index (χ3n) is 5.85. The number of rotatable bonds is 8. The lowest BCUT2D eigenvalue weighted by Crippen LogP contribution is -2.41. The van der Waals surface area contributed by atoms with Gasteiger partial charge < -0.3 is 18.6 Å². The number of hydrogen-bond donors (Lipinski definition) is 0. The molecule has 1 fully saturated rings. The van der Waals surface area contributed by atoms with Crippen LogP contribution >= 0.6 is 0 Å². The van der Waals surface area contributed by atoms with Crippen LogP contribution in [-0.2, 0) is 0 Å². The SMILES string of the molecule is COc1c(C(=O)/C=C/c2ccccc2)c(OC(C)N2CCCCC2)c(OC)c2occc12. The predicted molar refractivity (Wildman–Crippen MR) is 125 cm³/mol. The third-order valence-corrected chi connectivity index (χ3v) is 5.85. The van der Waals surface area contributed by atoms with E-state index in [1.54, 1.807) is 32.6 Å². The molecule has 1 atom stereocenters. The summed E-state index contributed by atoms with van der Waals surface area (Å²) in [5, 5.41) is 0.666. The number of allylic oxidation sites excluding steroid dienone is 1. The first-order valence-corrected chi connectivity index (χ1v) is 11.0. The number of furan rings is 1. The topological polar surface area (TPSA) is 61.1 Å². The molecule has 168 valence electrons. The van der Waals surface area contributed by atoms with Crippen LogP contribution < -0.4 is 14.2 Å². The standard InChI is InChI=1S/C26H29NO5/c1-18(27-15-8-5-9-16-27)32-25-22(21(28)13-12-19-10-6-4-7-11-19)23(29-2)20-14-17-31-24(20)26(25)30-3/h4,6-7,10-14,17-18H,5,8-9,15-16H2,1-3H3/b13-12+. The molecular weight excluding hydrogens is 406 g/mol. The lowest BCUT2D eigenvalue weighted by Gasteiger charge is -2.33. The van der Waals surface area contributed by atoms with Crippen LogP contribution in [0.1, 0.15) is 42.1 Å². The number of ketones is 1. The van der Waals surface area contributed by atoms with Crippen molar-refractivity contribution in [2.75, 3.05) is 27.3 Å². The molecule has 0 N–H and O–H groups in total. The first-order valence-electron chi connectivity index (χ1n) is 11.0. The molecule has 1 saturated heterocycles. The van der Waals surface area contributed by atoms with E-state index in [4.69, 9.17) is 18.6 Å². The van der Waals surface area contributed by atoms with E-state index in [-0.39, 0.29) is 12.0 Å². The second-order valence-corrected chi connectivity index (χ2v) is 7.86. The molecule has 32 heavy (non-hydrogen) atoms. The molecule has 0 aliphatic carbocycles. The molecule has 6 heteroatoms. The number of likely N-dealkylation sites (tertiary alicyclic amines) is 1. The van der Waals surface area contributed by atoms with Gasteiger partial charge in [0.1, 0.15) is 17.5 Å². The van der Waals surface area contributed by atoms with Crippen molar-refractivity contribution in [3.8, 4) is 17.2 Å². The van der Waals surface area contributed by atoms with Crippen molar-refractivity contribution < 1.29 is 23.4 Å². The van der Waals surface area contributed by atoms with Gasteiger partial charge in [0, 0.05) is 13.1 Å². The van der Waals surface area contributed by atoms with Crippen molar-refractivity contribution in [2.45, 2.75) is 32.4 Å². The molecular formula is C26H29NO5. The molecule has 3 aromatic rings. The van der Waals surface area contributed by atoms with Gasteiger partial charge in [0.15, 0.2) is 17.1 Å². The highest BCUT2D eigenvalue weighted by Crippen LogP contribution is 2.47. The highest BCUT2D eigenvalue weighted by atomic mass is 16.5. The van der Waals surface area contributed by atoms with Crippen LogP contribution in [0.2, 0.25) is 0 Å². The zero-order valence-electron chi connectivity index (χ0n) is 18.8. The fourth-order valence-corrected chi connectivity index (χ4v) is 4.20. The van der Waals surface area contributed by atoms with E-state index in [9.17, 15) is 4.79 Å². The second-order valence-electron chi connectivity index (χ2n) is 7.86. The molecule has 1 unspecified atom stereocenters. The van der Waals surface area contributed by atoms with Gasteiger partial charge in [0.25, 0.3) is 0 Å². The highest BCUT2D eigenvalue weighted by Gasteiger charge is 2.30. The molecule has 1 aliphatic rings. The average molecular weight is 436 g/mol. The van der Waals surface area contributed by atoms with Crippen LogP contribution in [-0.4, -0.2) is 44.2 Å². The van der Waals surface area contributed by atoms with Crippen LogP contribution in [0.25, 0.3) is 17.0 Å². The fourth-order valence-electron chi connectivity index (χ4n) is 4.20. The Hall–Kier alpha value is -3.25. The van der Waals surface area contributed by atoms with Gasteiger partial charge in [-0.3, -0.25) is 9.69 Å². The van der Waals surface area contributed by atoms with E-state index >= 15 is 0 Å². The minimum Gasteiger partial charge on any atom is -0.495 e. The van der Waals surface area contributed by atoms with E-state index < -0.39 is 0 Å². The maximum absolute atomic E-state index is 13.5. The first-order chi connectivity index (χ1) is 15.6. The quantitative estimate of drug-likeness (QED) is 0.341. The number of hydrogen-bond acceptors (Lipinski definition) is 6.